The summed E-state index contributed by atoms with van der Waals surface area (Å²) in [5, 5.41) is 2.84. The summed E-state index contributed by atoms with van der Waals surface area (Å²) < 4.78 is 17.9. The van der Waals surface area contributed by atoms with E-state index >= 15 is 0 Å². The van der Waals surface area contributed by atoms with Gasteiger partial charge in [-0.25, -0.2) is 4.39 Å². The van der Waals surface area contributed by atoms with E-state index in [0.717, 1.165) is 11.3 Å². The molecule has 1 aromatic rings. The fourth-order valence-corrected chi connectivity index (χ4v) is 2.28. The first-order valence-electron chi connectivity index (χ1n) is 6.45. The lowest BCUT2D eigenvalue weighted by Gasteiger charge is -2.05. The SMILES string of the molecule is CCOCCCNC(=O)CCSc1ccc(F)cc1. The quantitative estimate of drug-likeness (QED) is 0.560. The predicted octanol–water partition coefficient (Wildman–Crippen LogP) is 2.85. The molecule has 0 aliphatic carbocycles. The predicted molar refractivity (Wildman–Crippen MR) is 75.9 cm³/mol. The molecule has 0 aromatic heterocycles. The van der Waals surface area contributed by atoms with Gasteiger partial charge in [-0.3, -0.25) is 4.79 Å². The lowest BCUT2D eigenvalue weighted by molar-refractivity contribution is -0.120. The van der Waals surface area contributed by atoms with Crippen LogP contribution in [0, 0.1) is 5.82 Å². The maximum absolute atomic E-state index is 12.7. The number of carbonyl (C=O) groups is 1. The summed E-state index contributed by atoms with van der Waals surface area (Å²) in [6, 6.07) is 6.30. The van der Waals surface area contributed by atoms with Gasteiger partial charge in [-0.15, -0.1) is 11.8 Å². The van der Waals surface area contributed by atoms with Gasteiger partial charge in [0.25, 0.3) is 0 Å². The van der Waals surface area contributed by atoms with E-state index in [-0.39, 0.29) is 11.7 Å². The molecule has 19 heavy (non-hydrogen) atoms. The van der Waals surface area contributed by atoms with Crippen LogP contribution in [0.3, 0.4) is 0 Å². The van der Waals surface area contributed by atoms with Gasteiger partial charge in [0.05, 0.1) is 0 Å². The summed E-state index contributed by atoms with van der Waals surface area (Å²) in [4.78, 5) is 12.5. The Morgan fingerprint density at radius 3 is 2.79 bits per heavy atom. The second-order valence-electron chi connectivity index (χ2n) is 3.95. The Morgan fingerprint density at radius 1 is 1.37 bits per heavy atom. The van der Waals surface area contributed by atoms with Gasteiger partial charge < -0.3 is 10.1 Å². The van der Waals surface area contributed by atoms with Crippen molar-refractivity contribution in [1.82, 2.24) is 5.32 Å². The Labute approximate surface area is 117 Å². The van der Waals surface area contributed by atoms with E-state index in [0.29, 0.717) is 31.9 Å². The highest BCUT2D eigenvalue weighted by molar-refractivity contribution is 7.99. The van der Waals surface area contributed by atoms with Crippen molar-refractivity contribution < 1.29 is 13.9 Å². The Hall–Kier alpha value is -1.07. The zero-order valence-electron chi connectivity index (χ0n) is 11.2. The number of benzene rings is 1. The largest absolute Gasteiger partial charge is 0.382 e. The number of carbonyl (C=O) groups excluding carboxylic acids is 1. The number of hydrogen-bond acceptors (Lipinski definition) is 3. The van der Waals surface area contributed by atoms with Crippen molar-refractivity contribution in [3.8, 4) is 0 Å². The summed E-state index contributed by atoms with van der Waals surface area (Å²) >= 11 is 1.55. The van der Waals surface area contributed by atoms with Crippen molar-refractivity contribution in [1.29, 1.82) is 0 Å². The van der Waals surface area contributed by atoms with Crippen molar-refractivity contribution in [3.63, 3.8) is 0 Å². The van der Waals surface area contributed by atoms with Gasteiger partial charge in [-0.05, 0) is 37.6 Å². The Morgan fingerprint density at radius 2 is 2.11 bits per heavy atom. The molecule has 1 N–H and O–H groups in total. The maximum atomic E-state index is 12.7. The zero-order valence-corrected chi connectivity index (χ0v) is 12.0. The lowest BCUT2D eigenvalue weighted by Crippen LogP contribution is -2.25. The van der Waals surface area contributed by atoms with Crippen LogP contribution in [0.25, 0.3) is 0 Å². The molecule has 0 radical (unpaired) electrons. The van der Waals surface area contributed by atoms with Crippen LogP contribution in [0.4, 0.5) is 4.39 Å². The van der Waals surface area contributed by atoms with Gasteiger partial charge in [-0.1, -0.05) is 0 Å². The highest BCUT2D eigenvalue weighted by Gasteiger charge is 2.01. The second kappa shape index (κ2) is 9.81. The molecule has 5 heteroatoms. The molecule has 106 valence electrons. The second-order valence-corrected chi connectivity index (χ2v) is 5.12. The van der Waals surface area contributed by atoms with Gasteiger partial charge in [0.15, 0.2) is 0 Å². The van der Waals surface area contributed by atoms with E-state index in [2.05, 4.69) is 5.32 Å². The molecular formula is C14H20FNO2S. The van der Waals surface area contributed by atoms with E-state index in [1.54, 1.807) is 23.9 Å². The molecular weight excluding hydrogens is 265 g/mol. The average Bonchev–Trinajstić information content (AvgIpc) is 2.41. The van der Waals surface area contributed by atoms with E-state index in [1.807, 2.05) is 6.92 Å². The molecule has 0 atom stereocenters. The van der Waals surface area contributed by atoms with Crippen LogP contribution in [-0.4, -0.2) is 31.4 Å². The molecule has 0 heterocycles. The number of amides is 1. The molecule has 0 aliphatic heterocycles. The molecule has 0 bridgehead atoms. The van der Waals surface area contributed by atoms with Gasteiger partial charge in [0.1, 0.15) is 5.82 Å². The van der Waals surface area contributed by atoms with Gasteiger partial charge in [0, 0.05) is 36.8 Å². The van der Waals surface area contributed by atoms with E-state index in [1.165, 1.54) is 12.1 Å². The molecule has 0 spiro atoms. The van der Waals surface area contributed by atoms with Crippen LogP contribution < -0.4 is 5.32 Å². The van der Waals surface area contributed by atoms with E-state index in [4.69, 9.17) is 4.74 Å². The van der Waals surface area contributed by atoms with Crippen molar-refractivity contribution in [2.24, 2.45) is 0 Å². The van der Waals surface area contributed by atoms with Crippen LogP contribution in [0.15, 0.2) is 29.2 Å². The summed E-state index contributed by atoms with van der Waals surface area (Å²) in [6.07, 6.45) is 1.31. The van der Waals surface area contributed by atoms with Crippen molar-refractivity contribution >= 4 is 17.7 Å². The molecule has 0 unspecified atom stereocenters. The molecule has 1 aromatic carbocycles. The summed E-state index contributed by atoms with van der Waals surface area (Å²) in [5.41, 5.74) is 0. The molecule has 1 amide bonds. The minimum Gasteiger partial charge on any atom is -0.382 e. The molecule has 0 aliphatic rings. The Kier molecular flexibility index (Phi) is 8.25. The minimum absolute atomic E-state index is 0.0473. The number of rotatable bonds is 9. The third-order valence-corrected chi connectivity index (χ3v) is 3.42. The number of nitrogens with one attached hydrogen (secondary N) is 1. The zero-order chi connectivity index (χ0) is 13.9. The fraction of sp³-hybridized carbons (Fsp3) is 0.500. The fourth-order valence-electron chi connectivity index (χ4n) is 1.43. The van der Waals surface area contributed by atoms with Crippen LogP contribution in [-0.2, 0) is 9.53 Å². The highest BCUT2D eigenvalue weighted by atomic mass is 32.2. The third-order valence-electron chi connectivity index (χ3n) is 2.40. The average molecular weight is 285 g/mol. The smallest absolute Gasteiger partial charge is 0.220 e. The minimum atomic E-state index is -0.239. The number of thioether (sulfide) groups is 1. The molecule has 1 rings (SSSR count). The lowest BCUT2D eigenvalue weighted by atomic mass is 10.3. The van der Waals surface area contributed by atoms with Gasteiger partial charge >= 0.3 is 0 Å². The number of ether oxygens (including phenoxy) is 1. The summed E-state index contributed by atoms with van der Waals surface area (Å²) in [5.74, 6) is 0.505. The summed E-state index contributed by atoms with van der Waals surface area (Å²) in [6.45, 7) is 3.99. The highest BCUT2D eigenvalue weighted by Crippen LogP contribution is 2.18. The van der Waals surface area contributed by atoms with Crippen molar-refractivity contribution in [2.45, 2.75) is 24.7 Å². The van der Waals surface area contributed by atoms with E-state index < -0.39 is 0 Å². The van der Waals surface area contributed by atoms with Crippen LogP contribution in [0.1, 0.15) is 19.8 Å². The first-order chi connectivity index (χ1) is 9.22. The van der Waals surface area contributed by atoms with Crippen LogP contribution in [0.2, 0.25) is 0 Å². The standard InChI is InChI=1S/C14H20FNO2S/c1-2-18-10-3-9-16-14(17)8-11-19-13-6-4-12(15)5-7-13/h4-7H,2-3,8-11H2,1H3,(H,16,17). The topological polar surface area (TPSA) is 38.3 Å². The van der Waals surface area contributed by atoms with Gasteiger partial charge in [-0.2, -0.15) is 0 Å². The van der Waals surface area contributed by atoms with Crippen LogP contribution >= 0.6 is 11.8 Å². The Balaban J connectivity index is 2.05. The monoisotopic (exact) mass is 285 g/mol. The molecule has 0 saturated carbocycles. The van der Waals surface area contributed by atoms with Crippen molar-refractivity contribution in [3.05, 3.63) is 30.1 Å². The molecule has 0 fully saturated rings. The maximum Gasteiger partial charge on any atom is 0.220 e. The summed E-state index contributed by atoms with van der Waals surface area (Å²) in [7, 11) is 0. The third kappa shape index (κ3) is 7.85. The van der Waals surface area contributed by atoms with Crippen molar-refractivity contribution in [2.75, 3.05) is 25.5 Å². The number of halogens is 1. The Bertz CT molecular complexity index is 370. The molecule has 3 nitrogen and oxygen atoms in total. The normalized spacial score (nSPS) is 10.4. The van der Waals surface area contributed by atoms with Crippen LogP contribution in [0.5, 0.6) is 0 Å². The van der Waals surface area contributed by atoms with E-state index in [9.17, 15) is 9.18 Å². The first kappa shape index (κ1) is 16.0. The molecule has 0 saturated heterocycles. The first-order valence-corrected chi connectivity index (χ1v) is 7.43. The van der Waals surface area contributed by atoms with Gasteiger partial charge in [0.2, 0.25) is 5.91 Å². The number of hydrogen-bond donors (Lipinski definition) is 1.